The molecule has 1 saturated carbocycles. The highest BCUT2D eigenvalue weighted by atomic mass is 19.1. The van der Waals surface area contributed by atoms with Gasteiger partial charge in [0.2, 0.25) is 0 Å². The molecule has 0 amide bonds. The normalized spacial score (nSPS) is 28.8. The highest BCUT2D eigenvalue weighted by Crippen LogP contribution is 2.30. The maximum Gasteiger partial charge on any atom is 0.146 e. The molecule has 2 aliphatic heterocycles. The molecule has 0 unspecified atom stereocenters. The molecule has 21 heavy (non-hydrogen) atoms. The molecular formula is C16H22FN3O. The van der Waals surface area contributed by atoms with Gasteiger partial charge in [0.1, 0.15) is 5.83 Å². The summed E-state index contributed by atoms with van der Waals surface area (Å²) in [5.74, 6) is -0.253. The van der Waals surface area contributed by atoms with Crippen LogP contribution in [0.1, 0.15) is 25.7 Å². The van der Waals surface area contributed by atoms with Gasteiger partial charge in [0.15, 0.2) is 0 Å². The van der Waals surface area contributed by atoms with E-state index in [2.05, 4.69) is 5.32 Å². The minimum atomic E-state index is -0.253. The van der Waals surface area contributed by atoms with Crippen LogP contribution in [-0.2, 0) is 4.74 Å². The predicted octanol–water partition coefficient (Wildman–Crippen LogP) is 2.28. The second kappa shape index (κ2) is 6.03. The monoisotopic (exact) mass is 291 g/mol. The Morgan fingerprint density at radius 3 is 2.90 bits per heavy atom. The first-order chi connectivity index (χ1) is 10.1. The minimum absolute atomic E-state index is 0.192. The van der Waals surface area contributed by atoms with Crippen molar-refractivity contribution in [2.75, 3.05) is 13.7 Å². The van der Waals surface area contributed by atoms with Crippen LogP contribution in [0.3, 0.4) is 0 Å². The summed E-state index contributed by atoms with van der Waals surface area (Å²) < 4.78 is 20.1. The second-order valence-electron chi connectivity index (χ2n) is 5.84. The van der Waals surface area contributed by atoms with Gasteiger partial charge in [0.25, 0.3) is 0 Å². The largest absolute Gasteiger partial charge is 0.373 e. The molecule has 3 rings (SSSR count). The van der Waals surface area contributed by atoms with Gasteiger partial charge in [-0.3, -0.25) is 0 Å². The van der Waals surface area contributed by atoms with E-state index in [4.69, 9.17) is 10.5 Å². The first-order valence-electron chi connectivity index (χ1n) is 7.49. The van der Waals surface area contributed by atoms with E-state index in [0.29, 0.717) is 18.2 Å². The molecular weight excluding hydrogens is 269 g/mol. The lowest BCUT2D eigenvalue weighted by Gasteiger charge is -2.31. The first-order valence-corrected chi connectivity index (χ1v) is 7.49. The number of dihydropyridines is 1. The Bertz CT molecular complexity index is 528. The Hall–Kier alpha value is -1.59. The van der Waals surface area contributed by atoms with E-state index in [1.165, 1.54) is 6.20 Å². The summed E-state index contributed by atoms with van der Waals surface area (Å²) in [5.41, 5.74) is 8.27. The van der Waals surface area contributed by atoms with Crippen LogP contribution in [0.2, 0.25) is 0 Å². The second-order valence-corrected chi connectivity index (χ2v) is 5.84. The smallest absolute Gasteiger partial charge is 0.146 e. The molecule has 1 aliphatic carbocycles. The molecule has 114 valence electrons. The van der Waals surface area contributed by atoms with Crippen molar-refractivity contribution in [2.45, 2.75) is 37.8 Å². The summed E-state index contributed by atoms with van der Waals surface area (Å²) in [4.78, 5) is 1.92. The number of halogens is 1. The van der Waals surface area contributed by atoms with Crippen LogP contribution >= 0.6 is 0 Å². The number of hydrogen-bond donors (Lipinski definition) is 2. The van der Waals surface area contributed by atoms with Gasteiger partial charge in [0, 0.05) is 31.1 Å². The van der Waals surface area contributed by atoms with E-state index >= 15 is 0 Å². The SMILES string of the molecule is CN1C=CC=C2NC=C(F)C(COC3CCC(N)CC3)=C21. The summed E-state index contributed by atoms with van der Waals surface area (Å²) in [6, 6.07) is 0.298. The molecule has 0 aromatic heterocycles. The third-order valence-corrected chi connectivity index (χ3v) is 4.29. The van der Waals surface area contributed by atoms with Crippen molar-refractivity contribution in [3.63, 3.8) is 0 Å². The van der Waals surface area contributed by atoms with Crippen LogP contribution in [0.15, 0.2) is 47.3 Å². The number of rotatable bonds is 3. The first kappa shape index (κ1) is 14.4. The molecule has 3 N–H and O–H groups in total. The Morgan fingerprint density at radius 1 is 1.38 bits per heavy atom. The summed E-state index contributed by atoms with van der Waals surface area (Å²) in [7, 11) is 1.92. The van der Waals surface area contributed by atoms with Crippen molar-refractivity contribution < 1.29 is 9.13 Å². The third kappa shape index (κ3) is 3.04. The molecule has 4 nitrogen and oxygen atoms in total. The van der Waals surface area contributed by atoms with Crippen LogP contribution in [-0.4, -0.2) is 30.7 Å². The van der Waals surface area contributed by atoms with Gasteiger partial charge >= 0.3 is 0 Å². The lowest BCUT2D eigenvalue weighted by Crippen LogP contribution is -2.32. The van der Waals surface area contributed by atoms with E-state index in [9.17, 15) is 4.39 Å². The van der Waals surface area contributed by atoms with Gasteiger partial charge < -0.3 is 20.7 Å². The Morgan fingerprint density at radius 2 is 2.14 bits per heavy atom. The number of nitrogens with one attached hydrogen (secondary N) is 1. The zero-order chi connectivity index (χ0) is 14.8. The maximum absolute atomic E-state index is 14.2. The standard InChI is InChI=1S/C16H22FN3O/c1-20-8-2-3-15-16(20)13(14(17)9-19-15)10-21-12-6-4-11(18)5-7-12/h2-3,8-9,11-12,19H,4-7,10,18H2,1H3. The van der Waals surface area contributed by atoms with Crippen LogP contribution < -0.4 is 11.1 Å². The molecule has 0 aromatic carbocycles. The summed E-state index contributed by atoms with van der Waals surface area (Å²) in [6.07, 6.45) is 11.3. The van der Waals surface area contributed by atoms with Gasteiger partial charge in [-0.2, -0.15) is 0 Å². The minimum Gasteiger partial charge on any atom is -0.373 e. The molecule has 0 aromatic rings. The number of allylic oxidation sites excluding steroid dienone is 2. The molecule has 2 heterocycles. The highest BCUT2D eigenvalue weighted by Gasteiger charge is 2.26. The summed E-state index contributed by atoms with van der Waals surface area (Å²) in [6.45, 7) is 0.300. The number of nitrogens with zero attached hydrogens (tertiary/aromatic N) is 1. The summed E-state index contributed by atoms with van der Waals surface area (Å²) >= 11 is 0. The van der Waals surface area contributed by atoms with E-state index in [1.54, 1.807) is 0 Å². The van der Waals surface area contributed by atoms with Gasteiger partial charge in [-0.15, -0.1) is 0 Å². The number of ether oxygens (including phenoxy) is 1. The number of hydrogen-bond acceptors (Lipinski definition) is 4. The Labute approximate surface area is 124 Å². The number of likely N-dealkylation sites (N-methyl/N-ethyl adjacent to an activating group) is 1. The van der Waals surface area contributed by atoms with E-state index in [0.717, 1.165) is 37.1 Å². The maximum atomic E-state index is 14.2. The van der Waals surface area contributed by atoms with Crippen molar-refractivity contribution >= 4 is 0 Å². The molecule has 3 aliphatic rings. The van der Waals surface area contributed by atoms with Crippen molar-refractivity contribution in [1.29, 1.82) is 0 Å². The molecule has 0 spiro atoms. The highest BCUT2D eigenvalue weighted by molar-refractivity contribution is 5.49. The van der Waals surface area contributed by atoms with E-state index in [1.807, 2.05) is 30.3 Å². The Balaban J connectivity index is 1.71. The van der Waals surface area contributed by atoms with E-state index < -0.39 is 0 Å². The molecule has 1 fully saturated rings. The fourth-order valence-corrected chi connectivity index (χ4v) is 3.04. The van der Waals surface area contributed by atoms with Crippen molar-refractivity contribution in [2.24, 2.45) is 5.73 Å². The summed E-state index contributed by atoms with van der Waals surface area (Å²) in [5, 5.41) is 2.98. The van der Waals surface area contributed by atoms with Crippen molar-refractivity contribution in [3.05, 3.63) is 47.3 Å². The Kier molecular flexibility index (Phi) is 4.12. The van der Waals surface area contributed by atoms with Gasteiger partial charge in [-0.05, 0) is 37.8 Å². The molecule has 0 bridgehead atoms. The van der Waals surface area contributed by atoms with Gasteiger partial charge in [-0.1, -0.05) is 0 Å². The van der Waals surface area contributed by atoms with Crippen LogP contribution in [0.5, 0.6) is 0 Å². The van der Waals surface area contributed by atoms with Crippen LogP contribution in [0.4, 0.5) is 4.39 Å². The third-order valence-electron chi connectivity index (χ3n) is 4.29. The van der Waals surface area contributed by atoms with E-state index in [-0.39, 0.29) is 11.9 Å². The zero-order valence-corrected chi connectivity index (χ0v) is 12.3. The topological polar surface area (TPSA) is 50.5 Å². The number of nitrogens with two attached hydrogens (primary N) is 1. The van der Waals surface area contributed by atoms with Crippen LogP contribution in [0.25, 0.3) is 0 Å². The predicted molar refractivity (Wildman–Crippen MR) is 80.5 cm³/mol. The fourth-order valence-electron chi connectivity index (χ4n) is 3.04. The molecule has 0 atom stereocenters. The number of fused-ring (bicyclic) bond motifs is 1. The van der Waals surface area contributed by atoms with Crippen LogP contribution in [0, 0.1) is 0 Å². The van der Waals surface area contributed by atoms with Crippen molar-refractivity contribution in [1.82, 2.24) is 10.2 Å². The molecule has 5 heteroatoms. The lowest BCUT2D eigenvalue weighted by atomic mass is 9.93. The molecule has 0 saturated heterocycles. The average molecular weight is 291 g/mol. The fraction of sp³-hybridized carbons (Fsp3) is 0.500. The van der Waals surface area contributed by atoms with Gasteiger partial charge in [-0.25, -0.2) is 4.39 Å². The van der Waals surface area contributed by atoms with Gasteiger partial charge in [0.05, 0.1) is 24.1 Å². The lowest BCUT2D eigenvalue weighted by molar-refractivity contribution is 0.0380. The molecule has 0 radical (unpaired) electrons. The quantitative estimate of drug-likeness (QED) is 0.837. The average Bonchev–Trinajstić information content (AvgIpc) is 2.48. The zero-order valence-electron chi connectivity index (χ0n) is 12.3. The van der Waals surface area contributed by atoms with Crippen molar-refractivity contribution in [3.8, 4) is 0 Å².